The lowest BCUT2D eigenvalue weighted by Crippen LogP contribution is -1.80. The highest BCUT2D eigenvalue weighted by Gasteiger charge is 2.24. The first-order chi connectivity index (χ1) is 6.74. The van der Waals surface area contributed by atoms with Crippen LogP contribution in [-0.2, 0) is 6.42 Å². The van der Waals surface area contributed by atoms with Crippen LogP contribution >= 0.6 is 31.9 Å². The van der Waals surface area contributed by atoms with E-state index in [1.165, 1.54) is 11.1 Å². The minimum Gasteiger partial charge on any atom is -0.435 e. The first kappa shape index (κ1) is 8.68. The fraction of sp³-hybridized carbons (Fsp3) is 0.100. The largest absolute Gasteiger partial charge is 0.435 e. The summed E-state index contributed by atoms with van der Waals surface area (Å²) in [6, 6.07) is 6.21. The summed E-state index contributed by atoms with van der Waals surface area (Å²) in [5, 5.41) is 0. The lowest BCUT2D eigenvalue weighted by atomic mass is 10.1. The van der Waals surface area contributed by atoms with E-state index in [1.54, 1.807) is 0 Å². The Labute approximate surface area is 97.6 Å². The molecule has 2 aromatic rings. The zero-order chi connectivity index (χ0) is 9.71. The van der Waals surface area contributed by atoms with Crippen molar-refractivity contribution >= 4 is 31.9 Å². The Hall–Kier alpha value is -0.610. The molecule has 3 rings (SSSR count). The average molecular weight is 315 g/mol. The number of hydrogen-bond donors (Lipinski definition) is 0. The smallest absolute Gasteiger partial charge is 0.264 e. The molecule has 0 saturated heterocycles. The number of benzene rings is 1. The van der Waals surface area contributed by atoms with Crippen LogP contribution in [0.25, 0.3) is 11.3 Å². The van der Waals surface area contributed by atoms with Crippen LogP contribution in [0, 0.1) is 0 Å². The zero-order valence-corrected chi connectivity index (χ0v) is 10.2. The summed E-state index contributed by atoms with van der Waals surface area (Å²) in [5.74, 6) is 0.949. The van der Waals surface area contributed by atoms with E-state index in [0.717, 1.165) is 22.3 Å². The summed E-state index contributed by atoms with van der Waals surface area (Å²) >= 11 is 6.69. The number of aromatic nitrogens is 1. The predicted molar refractivity (Wildman–Crippen MR) is 60.1 cm³/mol. The maximum Gasteiger partial charge on any atom is 0.264 e. The summed E-state index contributed by atoms with van der Waals surface area (Å²) in [5.41, 5.74) is 3.42. The lowest BCUT2D eigenvalue weighted by molar-refractivity contribution is 0.491. The molecular formula is C10H5Br2NO. The number of hydrogen-bond acceptors (Lipinski definition) is 2. The number of nitrogens with zero attached hydrogens (tertiary/aromatic N) is 1. The Balaban J connectivity index is 2.25. The van der Waals surface area contributed by atoms with Crippen LogP contribution in [0.3, 0.4) is 0 Å². The highest BCUT2D eigenvalue weighted by atomic mass is 79.9. The Bertz CT molecular complexity index is 519. The molecule has 0 amide bonds. The van der Waals surface area contributed by atoms with E-state index in [9.17, 15) is 0 Å². The lowest BCUT2D eigenvalue weighted by Gasteiger charge is -1.98. The third-order valence-corrected chi connectivity index (χ3v) is 3.18. The second kappa shape index (κ2) is 2.94. The molecule has 0 fully saturated rings. The Morgan fingerprint density at radius 1 is 1.29 bits per heavy atom. The number of rotatable bonds is 0. The van der Waals surface area contributed by atoms with Crippen LogP contribution in [0.1, 0.15) is 11.3 Å². The molecule has 1 heterocycles. The van der Waals surface area contributed by atoms with Gasteiger partial charge in [-0.25, -0.2) is 4.98 Å². The molecule has 0 spiro atoms. The molecule has 1 aliphatic carbocycles. The van der Waals surface area contributed by atoms with Crippen LogP contribution in [-0.4, -0.2) is 4.98 Å². The highest BCUT2D eigenvalue weighted by molar-refractivity contribution is 9.10. The van der Waals surface area contributed by atoms with Crippen LogP contribution in [0.5, 0.6) is 0 Å². The molecule has 0 saturated carbocycles. The molecule has 2 nitrogen and oxygen atoms in total. The standard InChI is InChI=1S/C10H5Br2NO/c11-6-1-2-7-5(3-6)4-8-9(7)13-10(12)14-8/h1-3H,4H2. The van der Waals surface area contributed by atoms with Gasteiger partial charge in [0, 0.05) is 32.4 Å². The van der Waals surface area contributed by atoms with E-state index in [4.69, 9.17) is 4.42 Å². The van der Waals surface area contributed by atoms with Gasteiger partial charge in [-0.3, -0.25) is 0 Å². The van der Waals surface area contributed by atoms with Crippen LogP contribution in [0.2, 0.25) is 0 Å². The van der Waals surface area contributed by atoms with E-state index < -0.39 is 0 Å². The molecule has 1 aliphatic rings. The molecule has 1 aromatic carbocycles. The minimum atomic E-state index is 0.566. The third-order valence-electron chi connectivity index (χ3n) is 2.34. The number of halogens is 2. The van der Waals surface area contributed by atoms with Gasteiger partial charge in [-0.05, 0) is 17.7 Å². The van der Waals surface area contributed by atoms with Gasteiger partial charge in [0.15, 0.2) is 0 Å². The highest BCUT2D eigenvalue weighted by Crippen LogP contribution is 2.38. The van der Waals surface area contributed by atoms with Crippen molar-refractivity contribution in [2.75, 3.05) is 0 Å². The molecule has 1 aromatic heterocycles. The summed E-state index contributed by atoms with van der Waals surface area (Å²) in [4.78, 5) is 4.86. The van der Waals surface area contributed by atoms with Crippen molar-refractivity contribution in [1.82, 2.24) is 4.98 Å². The van der Waals surface area contributed by atoms with Gasteiger partial charge in [0.05, 0.1) is 0 Å². The monoisotopic (exact) mass is 313 g/mol. The van der Waals surface area contributed by atoms with Crippen molar-refractivity contribution in [2.45, 2.75) is 6.42 Å². The van der Waals surface area contributed by atoms with Crippen molar-refractivity contribution in [3.63, 3.8) is 0 Å². The van der Waals surface area contributed by atoms with Crippen molar-refractivity contribution in [3.8, 4) is 11.3 Å². The van der Waals surface area contributed by atoms with Crippen molar-refractivity contribution in [3.05, 3.63) is 38.8 Å². The summed E-state index contributed by atoms with van der Waals surface area (Å²) in [6.07, 6.45) is 0.836. The fourth-order valence-corrected chi connectivity index (χ4v) is 2.55. The van der Waals surface area contributed by atoms with E-state index in [1.807, 2.05) is 6.07 Å². The molecule has 0 N–H and O–H groups in total. The van der Waals surface area contributed by atoms with Crippen LogP contribution in [0.15, 0.2) is 31.9 Å². The van der Waals surface area contributed by atoms with Gasteiger partial charge in [-0.15, -0.1) is 0 Å². The predicted octanol–water partition coefficient (Wildman–Crippen LogP) is 3.77. The first-order valence-electron chi connectivity index (χ1n) is 4.18. The second-order valence-corrected chi connectivity index (χ2v) is 4.81. The Morgan fingerprint density at radius 2 is 2.14 bits per heavy atom. The van der Waals surface area contributed by atoms with Crippen molar-refractivity contribution < 1.29 is 4.42 Å². The Kier molecular flexibility index (Phi) is 1.82. The molecule has 0 unspecified atom stereocenters. The SMILES string of the molecule is Brc1ccc2c(c1)Cc1oc(Br)nc1-2. The molecule has 70 valence electrons. The van der Waals surface area contributed by atoms with Gasteiger partial charge in [-0.1, -0.05) is 22.0 Å². The maximum atomic E-state index is 5.44. The van der Waals surface area contributed by atoms with E-state index >= 15 is 0 Å². The third kappa shape index (κ3) is 1.17. The maximum absolute atomic E-state index is 5.44. The summed E-state index contributed by atoms with van der Waals surface area (Å²) in [6.45, 7) is 0. The molecule has 0 aliphatic heterocycles. The van der Waals surface area contributed by atoms with E-state index in [-0.39, 0.29) is 0 Å². The van der Waals surface area contributed by atoms with Gasteiger partial charge in [-0.2, -0.15) is 0 Å². The van der Waals surface area contributed by atoms with Gasteiger partial charge < -0.3 is 4.42 Å². The summed E-state index contributed by atoms with van der Waals surface area (Å²) in [7, 11) is 0. The van der Waals surface area contributed by atoms with Gasteiger partial charge >= 0.3 is 0 Å². The normalized spacial score (nSPS) is 12.7. The van der Waals surface area contributed by atoms with Gasteiger partial charge in [0.2, 0.25) is 0 Å². The topological polar surface area (TPSA) is 26.0 Å². The number of oxazole rings is 1. The van der Waals surface area contributed by atoms with E-state index in [0.29, 0.717) is 4.80 Å². The quantitative estimate of drug-likeness (QED) is 0.631. The molecule has 14 heavy (non-hydrogen) atoms. The minimum absolute atomic E-state index is 0.566. The van der Waals surface area contributed by atoms with Gasteiger partial charge in [0.25, 0.3) is 4.80 Å². The molecule has 4 heteroatoms. The van der Waals surface area contributed by atoms with Gasteiger partial charge in [0.1, 0.15) is 11.5 Å². The molecule has 0 atom stereocenters. The second-order valence-electron chi connectivity index (χ2n) is 3.22. The van der Waals surface area contributed by atoms with Crippen LogP contribution < -0.4 is 0 Å². The molecular weight excluding hydrogens is 310 g/mol. The summed E-state index contributed by atoms with van der Waals surface area (Å²) < 4.78 is 6.54. The van der Waals surface area contributed by atoms with Crippen molar-refractivity contribution in [1.29, 1.82) is 0 Å². The van der Waals surface area contributed by atoms with Crippen molar-refractivity contribution in [2.24, 2.45) is 0 Å². The number of fused-ring (bicyclic) bond motifs is 3. The average Bonchev–Trinajstić information content (AvgIpc) is 2.59. The Morgan fingerprint density at radius 3 is 3.00 bits per heavy atom. The first-order valence-corrected chi connectivity index (χ1v) is 5.76. The molecule has 0 bridgehead atoms. The van der Waals surface area contributed by atoms with E-state index in [2.05, 4.69) is 49.0 Å². The van der Waals surface area contributed by atoms with Crippen LogP contribution in [0.4, 0.5) is 0 Å². The zero-order valence-electron chi connectivity index (χ0n) is 7.05. The fourth-order valence-electron chi connectivity index (χ4n) is 1.77. The molecule has 0 radical (unpaired) electrons.